The molecule has 0 radical (unpaired) electrons. The number of hydrogen-bond acceptors (Lipinski definition) is 2. The van der Waals surface area contributed by atoms with Crippen LogP contribution in [0.5, 0.6) is 0 Å². The van der Waals surface area contributed by atoms with Crippen LogP contribution in [0.4, 0.5) is 10.3 Å². The summed E-state index contributed by atoms with van der Waals surface area (Å²) in [6.45, 7) is 7.13. The van der Waals surface area contributed by atoms with E-state index in [1.807, 2.05) is 19.9 Å². The van der Waals surface area contributed by atoms with Gasteiger partial charge in [0.2, 0.25) is 5.95 Å². The Hall–Kier alpha value is -1.84. The third-order valence-electron chi connectivity index (χ3n) is 3.34. The van der Waals surface area contributed by atoms with Crippen molar-refractivity contribution in [3.05, 3.63) is 47.5 Å². The molecule has 2 aromatic rings. The van der Waals surface area contributed by atoms with E-state index < -0.39 is 0 Å². The normalized spacial score (nSPS) is 12.4. The van der Waals surface area contributed by atoms with E-state index in [9.17, 15) is 4.39 Å². The Morgan fingerprint density at radius 1 is 1.40 bits per heavy atom. The number of aryl methyl sites for hydroxylation is 2. The second-order valence-corrected chi connectivity index (χ2v) is 5.17. The molecule has 1 heterocycles. The Morgan fingerprint density at radius 2 is 2.20 bits per heavy atom. The van der Waals surface area contributed by atoms with Gasteiger partial charge in [-0.1, -0.05) is 25.5 Å². The lowest BCUT2D eigenvalue weighted by Gasteiger charge is -2.16. The van der Waals surface area contributed by atoms with E-state index in [2.05, 4.69) is 28.0 Å². The number of unbranched alkanes of at least 4 members (excludes halogenated alkanes) is 1. The van der Waals surface area contributed by atoms with Crippen molar-refractivity contribution in [2.45, 2.75) is 46.2 Å². The quantitative estimate of drug-likeness (QED) is 0.851. The predicted octanol–water partition coefficient (Wildman–Crippen LogP) is 4.30. The molecule has 1 aromatic carbocycles. The van der Waals surface area contributed by atoms with E-state index in [0.29, 0.717) is 0 Å². The fourth-order valence-electron chi connectivity index (χ4n) is 2.21. The number of anilines is 1. The second kappa shape index (κ2) is 6.55. The highest BCUT2D eigenvalue weighted by Crippen LogP contribution is 2.20. The lowest BCUT2D eigenvalue weighted by molar-refractivity contribution is 0.620. The Balaban J connectivity index is 2.12. The average Bonchev–Trinajstić information content (AvgIpc) is 2.76. The first-order valence-electron chi connectivity index (χ1n) is 7.16. The maximum atomic E-state index is 13.3. The van der Waals surface area contributed by atoms with Gasteiger partial charge in [-0.05, 0) is 38.0 Å². The first-order chi connectivity index (χ1) is 9.60. The summed E-state index contributed by atoms with van der Waals surface area (Å²) in [5, 5.41) is 3.37. The summed E-state index contributed by atoms with van der Waals surface area (Å²) >= 11 is 0. The van der Waals surface area contributed by atoms with Crippen molar-refractivity contribution >= 4 is 5.95 Å². The zero-order chi connectivity index (χ0) is 14.5. The van der Waals surface area contributed by atoms with Crippen LogP contribution in [0.3, 0.4) is 0 Å². The van der Waals surface area contributed by atoms with E-state index in [1.54, 1.807) is 12.1 Å². The molecule has 1 aromatic heterocycles. The van der Waals surface area contributed by atoms with Crippen LogP contribution in [0.1, 0.15) is 44.0 Å². The Bertz CT molecular complexity index is 563. The van der Waals surface area contributed by atoms with Crippen LogP contribution >= 0.6 is 0 Å². The minimum atomic E-state index is -0.207. The van der Waals surface area contributed by atoms with Crippen LogP contribution in [0.2, 0.25) is 0 Å². The smallest absolute Gasteiger partial charge is 0.203 e. The molecule has 1 N–H and O–H groups in total. The van der Waals surface area contributed by atoms with Gasteiger partial charge >= 0.3 is 0 Å². The molecular weight excluding hydrogens is 253 g/mol. The summed E-state index contributed by atoms with van der Waals surface area (Å²) in [6.07, 6.45) is 4.32. The molecule has 0 saturated heterocycles. The molecule has 0 aliphatic carbocycles. The first-order valence-corrected chi connectivity index (χ1v) is 7.16. The Morgan fingerprint density at radius 3 is 2.90 bits per heavy atom. The highest BCUT2D eigenvalue weighted by molar-refractivity contribution is 5.34. The predicted molar refractivity (Wildman–Crippen MR) is 80.3 cm³/mol. The molecule has 0 aliphatic rings. The average molecular weight is 275 g/mol. The minimum Gasteiger partial charge on any atom is -0.349 e. The lowest BCUT2D eigenvalue weighted by atomic mass is 10.1. The highest BCUT2D eigenvalue weighted by atomic mass is 19.1. The number of aromatic nitrogens is 2. The van der Waals surface area contributed by atoms with E-state index in [0.717, 1.165) is 36.6 Å². The number of benzene rings is 1. The summed E-state index contributed by atoms with van der Waals surface area (Å²) in [7, 11) is 0. The van der Waals surface area contributed by atoms with Crippen LogP contribution in [-0.4, -0.2) is 9.55 Å². The largest absolute Gasteiger partial charge is 0.349 e. The van der Waals surface area contributed by atoms with Crippen LogP contribution < -0.4 is 5.32 Å². The second-order valence-electron chi connectivity index (χ2n) is 5.17. The van der Waals surface area contributed by atoms with Gasteiger partial charge in [0.1, 0.15) is 5.82 Å². The van der Waals surface area contributed by atoms with Crippen molar-refractivity contribution < 1.29 is 4.39 Å². The van der Waals surface area contributed by atoms with Crippen LogP contribution in [0.25, 0.3) is 0 Å². The van der Waals surface area contributed by atoms with Crippen molar-refractivity contribution in [1.29, 1.82) is 0 Å². The van der Waals surface area contributed by atoms with Gasteiger partial charge in [0.25, 0.3) is 0 Å². The van der Waals surface area contributed by atoms with E-state index in [1.165, 1.54) is 6.07 Å². The van der Waals surface area contributed by atoms with E-state index in [-0.39, 0.29) is 11.9 Å². The van der Waals surface area contributed by atoms with Gasteiger partial charge in [-0.3, -0.25) is 0 Å². The first kappa shape index (κ1) is 14.6. The number of rotatable bonds is 6. The SMILES string of the molecule is CCCCn1cc(C)nc1NC(C)c1cccc(F)c1. The van der Waals surface area contributed by atoms with Crippen molar-refractivity contribution in [1.82, 2.24) is 9.55 Å². The maximum Gasteiger partial charge on any atom is 0.203 e. The molecule has 4 heteroatoms. The number of nitrogens with one attached hydrogen (secondary N) is 1. The van der Waals surface area contributed by atoms with Gasteiger partial charge in [-0.2, -0.15) is 0 Å². The monoisotopic (exact) mass is 275 g/mol. The minimum absolute atomic E-state index is 0.0212. The van der Waals surface area contributed by atoms with E-state index >= 15 is 0 Å². The van der Waals surface area contributed by atoms with Crippen LogP contribution in [-0.2, 0) is 6.54 Å². The molecule has 0 saturated carbocycles. The summed E-state index contributed by atoms with van der Waals surface area (Å²) in [6, 6.07) is 6.70. The van der Waals surface area contributed by atoms with Crippen LogP contribution in [0, 0.1) is 12.7 Å². The van der Waals surface area contributed by atoms with E-state index in [4.69, 9.17) is 0 Å². The maximum absolute atomic E-state index is 13.3. The van der Waals surface area contributed by atoms with Gasteiger partial charge in [-0.15, -0.1) is 0 Å². The highest BCUT2D eigenvalue weighted by Gasteiger charge is 2.11. The molecular formula is C16H22FN3. The zero-order valence-corrected chi connectivity index (χ0v) is 12.4. The molecule has 20 heavy (non-hydrogen) atoms. The van der Waals surface area contributed by atoms with Crippen molar-refractivity contribution in [3.63, 3.8) is 0 Å². The number of halogens is 1. The topological polar surface area (TPSA) is 29.9 Å². The fourth-order valence-corrected chi connectivity index (χ4v) is 2.21. The number of imidazole rings is 1. The molecule has 0 spiro atoms. The van der Waals surface area contributed by atoms with Crippen molar-refractivity contribution in [2.75, 3.05) is 5.32 Å². The van der Waals surface area contributed by atoms with Gasteiger partial charge in [0, 0.05) is 12.7 Å². The number of nitrogens with zero attached hydrogens (tertiary/aromatic N) is 2. The third kappa shape index (κ3) is 3.59. The van der Waals surface area contributed by atoms with Crippen LogP contribution in [0.15, 0.2) is 30.5 Å². The van der Waals surface area contributed by atoms with Crippen molar-refractivity contribution in [3.8, 4) is 0 Å². The molecule has 0 aliphatic heterocycles. The molecule has 2 rings (SSSR count). The number of hydrogen-bond donors (Lipinski definition) is 1. The molecule has 0 amide bonds. The summed E-state index contributed by atoms with van der Waals surface area (Å²) in [5.41, 5.74) is 1.92. The lowest BCUT2D eigenvalue weighted by Crippen LogP contribution is -2.12. The Kier molecular flexibility index (Phi) is 4.77. The molecule has 0 bridgehead atoms. The standard InChI is InChI=1S/C16H22FN3/c1-4-5-9-20-11-12(2)18-16(20)19-13(3)14-7-6-8-15(17)10-14/h6-8,10-11,13H,4-5,9H2,1-3H3,(H,18,19). The van der Waals surface area contributed by atoms with Gasteiger partial charge in [0.05, 0.1) is 11.7 Å². The Labute approximate surface area is 119 Å². The fraction of sp³-hybridized carbons (Fsp3) is 0.438. The molecule has 3 nitrogen and oxygen atoms in total. The summed E-state index contributed by atoms with van der Waals surface area (Å²) in [4.78, 5) is 4.51. The molecule has 1 atom stereocenters. The van der Waals surface area contributed by atoms with Gasteiger partial charge < -0.3 is 9.88 Å². The third-order valence-corrected chi connectivity index (χ3v) is 3.34. The van der Waals surface area contributed by atoms with Crippen molar-refractivity contribution in [2.24, 2.45) is 0 Å². The molecule has 1 unspecified atom stereocenters. The zero-order valence-electron chi connectivity index (χ0n) is 12.4. The molecule has 0 fully saturated rings. The van der Waals surface area contributed by atoms with Gasteiger partial charge in [0.15, 0.2) is 0 Å². The summed E-state index contributed by atoms with van der Waals surface area (Å²) in [5.74, 6) is 0.648. The molecule has 108 valence electrons. The summed E-state index contributed by atoms with van der Waals surface area (Å²) < 4.78 is 15.4. The van der Waals surface area contributed by atoms with Gasteiger partial charge in [-0.25, -0.2) is 9.37 Å².